The maximum absolute atomic E-state index is 5.33. The molecule has 13 heavy (non-hydrogen) atoms. The molecule has 0 atom stereocenters. The van der Waals surface area contributed by atoms with Gasteiger partial charge in [-0.25, -0.2) is 0 Å². The number of allylic oxidation sites excluding steroid dienone is 1. The van der Waals surface area contributed by atoms with E-state index in [0.717, 1.165) is 19.4 Å². The molecule has 0 aliphatic heterocycles. The fraction of sp³-hybridized carbons (Fsp3) is 0.273. The van der Waals surface area contributed by atoms with Gasteiger partial charge in [0.1, 0.15) is 0 Å². The van der Waals surface area contributed by atoms with Crippen LogP contribution in [0.4, 0.5) is 0 Å². The number of fused-ring (bicyclic) bond motifs is 1. The van der Waals surface area contributed by atoms with Crippen molar-refractivity contribution in [2.24, 2.45) is 5.84 Å². The summed E-state index contributed by atoms with van der Waals surface area (Å²) in [4.78, 5) is 0. The summed E-state index contributed by atoms with van der Waals surface area (Å²) in [7, 11) is 0. The van der Waals surface area contributed by atoms with Gasteiger partial charge in [0.2, 0.25) is 0 Å². The number of hydrogen-bond acceptors (Lipinski definition) is 2. The molecule has 2 heteroatoms. The smallest absolute Gasteiger partial charge is 0.0351 e. The lowest BCUT2D eigenvalue weighted by Gasteiger charge is -2.14. The summed E-state index contributed by atoms with van der Waals surface area (Å²) in [6, 6.07) is 6.38. The Bertz CT molecular complexity index is 329. The van der Waals surface area contributed by atoms with E-state index in [1.54, 1.807) is 0 Å². The third kappa shape index (κ3) is 1.64. The molecule has 0 saturated carbocycles. The molecule has 1 aliphatic rings. The number of hydrazine groups is 1. The molecule has 0 bridgehead atoms. The molecular formula is C11H14N2. The molecule has 0 radical (unpaired) electrons. The monoisotopic (exact) mass is 174 g/mol. The van der Waals surface area contributed by atoms with E-state index in [1.165, 1.54) is 16.7 Å². The van der Waals surface area contributed by atoms with Crippen molar-refractivity contribution in [1.82, 2.24) is 5.43 Å². The maximum Gasteiger partial charge on any atom is 0.0351 e. The van der Waals surface area contributed by atoms with Crippen molar-refractivity contribution in [2.75, 3.05) is 0 Å². The van der Waals surface area contributed by atoms with Crippen LogP contribution in [-0.2, 0) is 13.0 Å². The van der Waals surface area contributed by atoms with Gasteiger partial charge in [0.15, 0.2) is 0 Å². The molecule has 1 aliphatic carbocycles. The molecule has 0 amide bonds. The molecule has 0 heterocycles. The average molecular weight is 174 g/mol. The summed E-state index contributed by atoms with van der Waals surface area (Å²) < 4.78 is 0. The Kier molecular flexibility index (Phi) is 2.43. The van der Waals surface area contributed by atoms with Crippen LogP contribution >= 0.6 is 0 Å². The van der Waals surface area contributed by atoms with E-state index in [2.05, 4.69) is 35.8 Å². The standard InChI is InChI=1S/C11H14N2/c12-13-8-10-6-3-5-9-4-1-2-7-11(9)10/h1,3-6,13H,2,7-8,12H2. The topological polar surface area (TPSA) is 38.0 Å². The molecule has 0 unspecified atom stereocenters. The van der Waals surface area contributed by atoms with Crippen LogP contribution in [0.25, 0.3) is 6.08 Å². The van der Waals surface area contributed by atoms with Gasteiger partial charge >= 0.3 is 0 Å². The van der Waals surface area contributed by atoms with Gasteiger partial charge in [0.25, 0.3) is 0 Å². The van der Waals surface area contributed by atoms with E-state index >= 15 is 0 Å². The maximum atomic E-state index is 5.33. The van der Waals surface area contributed by atoms with Crippen LogP contribution in [0.5, 0.6) is 0 Å². The minimum Gasteiger partial charge on any atom is -0.271 e. The van der Waals surface area contributed by atoms with Crippen molar-refractivity contribution in [3.05, 3.63) is 41.0 Å². The largest absolute Gasteiger partial charge is 0.271 e. The number of benzene rings is 1. The van der Waals surface area contributed by atoms with E-state index in [-0.39, 0.29) is 0 Å². The average Bonchev–Trinajstić information content (AvgIpc) is 2.19. The highest BCUT2D eigenvalue weighted by atomic mass is 15.2. The molecule has 0 fully saturated rings. The molecular weight excluding hydrogens is 160 g/mol. The van der Waals surface area contributed by atoms with Crippen LogP contribution in [0.3, 0.4) is 0 Å². The van der Waals surface area contributed by atoms with Gasteiger partial charge < -0.3 is 0 Å². The van der Waals surface area contributed by atoms with Gasteiger partial charge in [-0.15, -0.1) is 0 Å². The van der Waals surface area contributed by atoms with Gasteiger partial charge in [-0.05, 0) is 29.5 Å². The summed E-state index contributed by atoms with van der Waals surface area (Å²) in [5.74, 6) is 5.33. The zero-order valence-corrected chi connectivity index (χ0v) is 7.59. The Balaban J connectivity index is 2.41. The van der Waals surface area contributed by atoms with Crippen LogP contribution in [0.2, 0.25) is 0 Å². The summed E-state index contributed by atoms with van der Waals surface area (Å²) in [6.07, 6.45) is 6.71. The minimum absolute atomic E-state index is 0.761. The first-order chi connectivity index (χ1) is 6.42. The van der Waals surface area contributed by atoms with E-state index in [9.17, 15) is 0 Å². The fourth-order valence-corrected chi connectivity index (χ4v) is 1.83. The molecule has 0 saturated heterocycles. The summed E-state index contributed by atoms with van der Waals surface area (Å²) >= 11 is 0. The van der Waals surface area contributed by atoms with Crippen molar-refractivity contribution >= 4 is 6.08 Å². The Labute approximate surface area is 78.4 Å². The van der Waals surface area contributed by atoms with Gasteiger partial charge in [-0.1, -0.05) is 30.4 Å². The van der Waals surface area contributed by atoms with Crippen LogP contribution in [0, 0.1) is 0 Å². The number of nitrogens with two attached hydrogens (primary N) is 1. The predicted molar refractivity (Wildman–Crippen MR) is 54.8 cm³/mol. The molecule has 68 valence electrons. The zero-order valence-electron chi connectivity index (χ0n) is 7.59. The summed E-state index contributed by atoms with van der Waals surface area (Å²) in [5.41, 5.74) is 6.83. The predicted octanol–water partition coefficient (Wildman–Crippen LogP) is 1.61. The quantitative estimate of drug-likeness (QED) is 0.528. The molecule has 2 rings (SSSR count). The number of nitrogens with one attached hydrogen (secondary N) is 1. The molecule has 2 nitrogen and oxygen atoms in total. The van der Waals surface area contributed by atoms with E-state index in [0.29, 0.717) is 0 Å². The van der Waals surface area contributed by atoms with Gasteiger partial charge in [0.05, 0.1) is 0 Å². The van der Waals surface area contributed by atoms with Crippen molar-refractivity contribution in [1.29, 1.82) is 0 Å². The van der Waals surface area contributed by atoms with E-state index in [4.69, 9.17) is 5.84 Å². The van der Waals surface area contributed by atoms with Crippen LogP contribution < -0.4 is 11.3 Å². The first-order valence-electron chi connectivity index (χ1n) is 4.62. The Hall–Kier alpha value is -1.12. The van der Waals surface area contributed by atoms with E-state index in [1.807, 2.05) is 0 Å². The molecule has 1 aromatic rings. The lowest BCUT2D eigenvalue weighted by atomic mass is 9.93. The highest BCUT2D eigenvalue weighted by Crippen LogP contribution is 2.22. The second-order valence-corrected chi connectivity index (χ2v) is 3.31. The van der Waals surface area contributed by atoms with Gasteiger partial charge in [-0.2, -0.15) is 0 Å². The van der Waals surface area contributed by atoms with Crippen LogP contribution in [0.15, 0.2) is 24.3 Å². The van der Waals surface area contributed by atoms with Crippen molar-refractivity contribution < 1.29 is 0 Å². The first-order valence-corrected chi connectivity index (χ1v) is 4.62. The summed E-state index contributed by atoms with van der Waals surface area (Å²) in [6.45, 7) is 0.761. The Morgan fingerprint density at radius 1 is 1.38 bits per heavy atom. The second kappa shape index (κ2) is 3.73. The number of hydrogen-bond donors (Lipinski definition) is 2. The van der Waals surface area contributed by atoms with Crippen LogP contribution in [0.1, 0.15) is 23.1 Å². The third-order valence-corrected chi connectivity index (χ3v) is 2.46. The Morgan fingerprint density at radius 2 is 2.31 bits per heavy atom. The second-order valence-electron chi connectivity index (χ2n) is 3.31. The van der Waals surface area contributed by atoms with Gasteiger partial charge in [0, 0.05) is 6.54 Å². The lowest BCUT2D eigenvalue weighted by molar-refractivity contribution is 0.731. The molecule has 3 N–H and O–H groups in total. The minimum atomic E-state index is 0.761. The number of rotatable bonds is 2. The van der Waals surface area contributed by atoms with Crippen molar-refractivity contribution in [3.63, 3.8) is 0 Å². The normalized spacial score (nSPS) is 14.2. The fourth-order valence-electron chi connectivity index (χ4n) is 1.83. The third-order valence-electron chi connectivity index (χ3n) is 2.46. The van der Waals surface area contributed by atoms with E-state index < -0.39 is 0 Å². The summed E-state index contributed by atoms with van der Waals surface area (Å²) in [5, 5.41) is 0. The highest BCUT2D eigenvalue weighted by Gasteiger charge is 2.07. The van der Waals surface area contributed by atoms with Crippen molar-refractivity contribution in [3.8, 4) is 0 Å². The van der Waals surface area contributed by atoms with Crippen molar-refractivity contribution in [2.45, 2.75) is 19.4 Å². The molecule has 1 aromatic carbocycles. The van der Waals surface area contributed by atoms with Gasteiger partial charge in [-0.3, -0.25) is 11.3 Å². The highest BCUT2D eigenvalue weighted by molar-refractivity contribution is 5.58. The lowest BCUT2D eigenvalue weighted by Crippen LogP contribution is -2.22. The van der Waals surface area contributed by atoms with Crippen LogP contribution in [-0.4, -0.2) is 0 Å². The zero-order chi connectivity index (χ0) is 9.10. The SMILES string of the molecule is NNCc1cccc2c1CCC=C2. The molecule has 0 spiro atoms. The first kappa shape index (κ1) is 8.48. The Morgan fingerprint density at radius 3 is 3.15 bits per heavy atom. The molecule has 0 aromatic heterocycles.